The Balaban J connectivity index is 1.73. The second-order valence-electron chi connectivity index (χ2n) is 5.38. The monoisotopic (exact) mass is 318 g/mol. The fourth-order valence-electron chi connectivity index (χ4n) is 2.57. The van der Waals surface area contributed by atoms with E-state index in [1.165, 1.54) is 30.6 Å². The molecule has 7 heteroatoms. The zero-order valence-corrected chi connectivity index (χ0v) is 13.1. The molecule has 0 radical (unpaired) electrons. The van der Waals surface area contributed by atoms with Gasteiger partial charge >= 0.3 is 0 Å². The van der Waals surface area contributed by atoms with E-state index in [1.54, 1.807) is 11.7 Å². The number of nitrogens with one attached hydrogen (secondary N) is 1. The number of hydrogen-bond donors (Lipinski definition) is 2. The molecular weight excluding hydrogens is 296 g/mol. The second-order valence-corrected chi connectivity index (χ2v) is 8.22. The van der Waals surface area contributed by atoms with Crippen molar-refractivity contribution in [2.75, 3.05) is 12.3 Å². The lowest BCUT2D eigenvalue weighted by atomic mass is 9.88. The SMILES string of the molecule is O=S(=O)(CCC1CCCCC1)NCC(O)c1cncs1. The normalized spacial score (nSPS) is 19.1. The highest BCUT2D eigenvalue weighted by Crippen LogP contribution is 2.26. The Labute approximate surface area is 124 Å². The van der Waals surface area contributed by atoms with Crippen molar-refractivity contribution >= 4 is 21.4 Å². The highest BCUT2D eigenvalue weighted by atomic mass is 32.2. The molecule has 1 fully saturated rings. The van der Waals surface area contributed by atoms with Crippen molar-refractivity contribution in [1.29, 1.82) is 0 Å². The molecule has 1 atom stereocenters. The fraction of sp³-hybridized carbons (Fsp3) is 0.769. The summed E-state index contributed by atoms with van der Waals surface area (Å²) in [7, 11) is -3.29. The molecular formula is C13H22N2O3S2. The van der Waals surface area contributed by atoms with Gasteiger partial charge in [0.05, 0.1) is 16.1 Å². The minimum atomic E-state index is -3.29. The molecule has 0 aliphatic heterocycles. The summed E-state index contributed by atoms with van der Waals surface area (Å²) in [5.41, 5.74) is 1.62. The van der Waals surface area contributed by atoms with Gasteiger partial charge in [0.2, 0.25) is 10.0 Å². The van der Waals surface area contributed by atoms with E-state index >= 15 is 0 Å². The number of aliphatic hydroxyl groups is 1. The number of aliphatic hydroxyl groups excluding tert-OH is 1. The Kier molecular flexibility index (Phi) is 5.95. The summed E-state index contributed by atoms with van der Waals surface area (Å²) in [4.78, 5) is 4.55. The lowest BCUT2D eigenvalue weighted by Gasteiger charge is -2.21. The molecule has 1 saturated carbocycles. The number of nitrogens with zero attached hydrogens (tertiary/aromatic N) is 1. The predicted octanol–water partition coefficient (Wildman–Crippen LogP) is 2.07. The predicted molar refractivity (Wildman–Crippen MR) is 80.1 cm³/mol. The van der Waals surface area contributed by atoms with Crippen LogP contribution in [0, 0.1) is 5.92 Å². The van der Waals surface area contributed by atoms with Crippen molar-refractivity contribution in [3.63, 3.8) is 0 Å². The lowest BCUT2D eigenvalue weighted by molar-refractivity contribution is 0.185. The third-order valence-corrected chi connectivity index (χ3v) is 6.05. The van der Waals surface area contributed by atoms with Crippen LogP contribution >= 0.6 is 11.3 Å². The Morgan fingerprint density at radius 2 is 2.15 bits per heavy atom. The first-order chi connectivity index (χ1) is 9.57. The van der Waals surface area contributed by atoms with Crippen LogP contribution in [-0.2, 0) is 10.0 Å². The molecule has 114 valence electrons. The summed E-state index contributed by atoms with van der Waals surface area (Å²) >= 11 is 1.32. The van der Waals surface area contributed by atoms with E-state index in [1.807, 2.05) is 0 Å². The molecule has 2 N–H and O–H groups in total. The minimum absolute atomic E-state index is 0.0230. The van der Waals surface area contributed by atoms with E-state index < -0.39 is 16.1 Å². The van der Waals surface area contributed by atoms with Gasteiger partial charge in [0.1, 0.15) is 6.10 Å². The van der Waals surface area contributed by atoms with Gasteiger partial charge in [-0.05, 0) is 12.3 Å². The molecule has 0 bridgehead atoms. The zero-order valence-electron chi connectivity index (χ0n) is 11.5. The first-order valence-corrected chi connectivity index (χ1v) is 9.64. The van der Waals surface area contributed by atoms with Crippen LogP contribution in [0.1, 0.15) is 49.5 Å². The lowest BCUT2D eigenvalue weighted by Crippen LogP contribution is -2.31. The Bertz CT molecular complexity index is 482. The average molecular weight is 318 g/mol. The van der Waals surface area contributed by atoms with Crippen molar-refractivity contribution in [3.8, 4) is 0 Å². The van der Waals surface area contributed by atoms with Crippen LogP contribution in [-0.4, -0.2) is 30.8 Å². The van der Waals surface area contributed by atoms with Crippen LogP contribution in [0.25, 0.3) is 0 Å². The van der Waals surface area contributed by atoms with Gasteiger partial charge in [-0.2, -0.15) is 0 Å². The van der Waals surface area contributed by atoms with E-state index in [2.05, 4.69) is 9.71 Å². The molecule has 20 heavy (non-hydrogen) atoms. The van der Waals surface area contributed by atoms with Crippen molar-refractivity contribution in [2.45, 2.75) is 44.6 Å². The van der Waals surface area contributed by atoms with Gasteiger partial charge in [0.25, 0.3) is 0 Å². The number of rotatable bonds is 7. The van der Waals surface area contributed by atoms with Crippen molar-refractivity contribution < 1.29 is 13.5 Å². The standard InChI is InChI=1S/C13H22N2O3S2/c16-12(13-9-14-10-19-13)8-15-20(17,18)7-6-11-4-2-1-3-5-11/h9-12,15-16H,1-8H2. The summed E-state index contributed by atoms with van der Waals surface area (Å²) in [6.45, 7) is 0.0230. The van der Waals surface area contributed by atoms with E-state index in [0.29, 0.717) is 10.8 Å². The molecule has 1 aliphatic rings. The Morgan fingerprint density at radius 3 is 2.80 bits per heavy atom. The van der Waals surface area contributed by atoms with Gasteiger partial charge < -0.3 is 5.11 Å². The number of sulfonamides is 1. The maximum Gasteiger partial charge on any atom is 0.211 e. The molecule has 0 spiro atoms. The van der Waals surface area contributed by atoms with Crippen molar-refractivity contribution in [1.82, 2.24) is 9.71 Å². The van der Waals surface area contributed by atoms with E-state index in [-0.39, 0.29) is 12.3 Å². The smallest absolute Gasteiger partial charge is 0.211 e. The summed E-state index contributed by atoms with van der Waals surface area (Å²) in [5.74, 6) is 0.708. The number of thiazole rings is 1. The third-order valence-electron chi connectivity index (χ3n) is 3.80. The quantitative estimate of drug-likeness (QED) is 0.806. The van der Waals surface area contributed by atoms with Crippen LogP contribution in [0.15, 0.2) is 11.7 Å². The highest BCUT2D eigenvalue weighted by Gasteiger charge is 2.19. The van der Waals surface area contributed by atoms with Crippen LogP contribution < -0.4 is 4.72 Å². The van der Waals surface area contributed by atoms with Crippen molar-refractivity contribution in [3.05, 3.63) is 16.6 Å². The van der Waals surface area contributed by atoms with Crippen LogP contribution in [0.2, 0.25) is 0 Å². The van der Waals surface area contributed by atoms with Gasteiger partial charge in [-0.3, -0.25) is 4.98 Å². The van der Waals surface area contributed by atoms with Crippen molar-refractivity contribution in [2.24, 2.45) is 5.92 Å². The van der Waals surface area contributed by atoms with Crippen LogP contribution in [0.5, 0.6) is 0 Å². The third kappa shape index (κ3) is 5.12. The molecule has 1 aromatic heterocycles. The molecule has 1 heterocycles. The average Bonchev–Trinajstić information content (AvgIpc) is 2.98. The number of aromatic nitrogens is 1. The van der Waals surface area contributed by atoms with Crippen LogP contribution in [0.4, 0.5) is 0 Å². The van der Waals surface area contributed by atoms with Gasteiger partial charge in [-0.15, -0.1) is 11.3 Å². The number of hydrogen-bond acceptors (Lipinski definition) is 5. The van der Waals surface area contributed by atoms with Crippen LogP contribution in [0.3, 0.4) is 0 Å². The first-order valence-electron chi connectivity index (χ1n) is 7.10. The van der Waals surface area contributed by atoms with E-state index in [0.717, 1.165) is 19.3 Å². The minimum Gasteiger partial charge on any atom is -0.386 e. The van der Waals surface area contributed by atoms with Gasteiger partial charge in [0, 0.05) is 12.7 Å². The van der Waals surface area contributed by atoms with Gasteiger partial charge in [0.15, 0.2) is 0 Å². The first kappa shape index (κ1) is 15.9. The molecule has 1 unspecified atom stereocenters. The van der Waals surface area contributed by atoms with Gasteiger partial charge in [-0.25, -0.2) is 13.1 Å². The second kappa shape index (κ2) is 7.49. The molecule has 0 aromatic carbocycles. The molecule has 2 rings (SSSR count). The summed E-state index contributed by atoms with van der Waals surface area (Å²) in [5, 5.41) is 9.83. The summed E-state index contributed by atoms with van der Waals surface area (Å²) in [6.07, 6.45) is 7.51. The van der Waals surface area contributed by atoms with E-state index in [9.17, 15) is 13.5 Å². The Hall–Kier alpha value is -0.500. The molecule has 0 saturated heterocycles. The molecule has 0 amide bonds. The fourth-order valence-corrected chi connectivity index (χ4v) is 4.37. The van der Waals surface area contributed by atoms with Gasteiger partial charge in [-0.1, -0.05) is 32.1 Å². The summed E-state index contributed by atoms with van der Waals surface area (Å²) < 4.78 is 26.3. The van der Waals surface area contributed by atoms with E-state index in [4.69, 9.17) is 0 Å². The Morgan fingerprint density at radius 1 is 1.40 bits per heavy atom. The summed E-state index contributed by atoms with van der Waals surface area (Å²) in [6, 6.07) is 0. The molecule has 5 nitrogen and oxygen atoms in total. The zero-order chi connectivity index (χ0) is 14.4. The maximum absolute atomic E-state index is 11.9. The highest BCUT2D eigenvalue weighted by molar-refractivity contribution is 7.89. The largest absolute Gasteiger partial charge is 0.386 e. The molecule has 1 aliphatic carbocycles. The maximum atomic E-state index is 11.9. The topological polar surface area (TPSA) is 79.3 Å². The molecule has 1 aromatic rings.